The van der Waals surface area contributed by atoms with Crippen LogP contribution in [-0.4, -0.2) is 25.1 Å². The molecule has 3 aliphatic heterocycles. The first-order chi connectivity index (χ1) is 15.6. The molecule has 0 saturated heterocycles. The highest BCUT2D eigenvalue weighted by atomic mass is 35.5. The summed E-state index contributed by atoms with van der Waals surface area (Å²) in [4.78, 5) is 23.9. The predicted octanol–water partition coefficient (Wildman–Crippen LogP) is 4.49. The molecule has 2 unspecified atom stereocenters. The summed E-state index contributed by atoms with van der Waals surface area (Å²) in [7, 11) is 0. The van der Waals surface area contributed by atoms with Crippen molar-refractivity contribution >= 4 is 18.2 Å². The minimum atomic E-state index is 0. The summed E-state index contributed by atoms with van der Waals surface area (Å²) in [5.41, 5.74) is 2.41. The molecule has 4 aliphatic carbocycles. The van der Waals surface area contributed by atoms with Crippen molar-refractivity contribution in [3.8, 4) is 11.5 Å². The van der Waals surface area contributed by atoms with E-state index in [0.29, 0.717) is 13.1 Å². The fourth-order valence-corrected chi connectivity index (χ4v) is 7.74. The Morgan fingerprint density at radius 2 is 1.85 bits per heavy atom. The van der Waals surface area contributed by atoms with Crippen LogP contribution in [0.5, 0.6) is 0 Å². The molecule has 4 fully saturated rings. The lowest BCUT2D eigenvalue weighted by molar-refractivity contribution is 0.262. The topological polar surface area (TPSA) is 64.7 Å². The van der Waals surface area contributed by atoms with Gasteiger partial charge in [0.05, 0.1) is 0 Å². The third-order valence-electron chi connectivity index (χ3n) is 8.80. The summed E-state index contributed by atoms with van der Waals surface area (Å²) in [6.45, 7) is 3.50. The van der Waals surface area contributed by atoms with Crippen molar-refractivity contribution in [2.45, 2.75) is 76.4 Å². The molecule has 3 heterocycles. The second-order valence-electron chi connectivity index (χ2n) is 10.8. The van der Waals surface area contributed by atoms with Crippen molar-refractivity contribution in [1.82, 2.24) is 19.1 Å². The van der Waals surface area contributed by atoms with Crippen LogP contribution in [0.4, 0.5) is 5.82 Å². The van der Waals surface area contributed by atoms with Gasteiger partial charge in [-0.3, -0.25) is 9.13 Å². The first-order valence-electron chi connectivity index (χ1n) is 12.5. The molecule has 174 valence electrons. The van der Waals surface area contributed by atoms with Gasteiger partial charge in [0.2, 0.25) is 0 Å². The zero-order chi connectivity index (χ0) is 21.4. The Morgan fingerprint density at radius 1 is 1.09 bits per heavy atom. The third-order valence-corrected chi connectivity index (χ3v) is 8.80. The van der Waals surface area contributed by atoms with Gasteiger partial charge >= 0.3 is 5.69 Å². The molecule has 7 heteroatoms. The van der Waals surface area contributed by atoms with Crippen LogP contribution in [0.2, 0.25) is 0 Å². The van der Waals surface area contributed by atoms with Crippen LogP contribution in [0, 0.1) is 17.8 Å². The Labute approximate surface area is 200 Å². The van der Waals surface area contributed by atoms with Gasteiger partial charge in [-0.15, -0.1) is 12.4 Å². The lowest BCUT2D eigenvalue weighted by atomic mass is 9.75. The van der Waals surface area contributed by atoms with E-state index in [2.05, 4.69) is 36.5 Å². The second-order valence-corrected chi connectivity index (χ2v) is 10.8. The van der Waals surface area contributed by atoms with Gasteiger partial charge in [-0.1, -0.05) is 37.3 Å². The molecule has 33 heavy (non-hydrogen) atoms. The molecule has 6 nitrogen and oxygen atoms in total. The Kier molecular flexibility index (Phi) is 4.88. The maximum Gasteiger partial charge on any atom is 0.331 e. The third kappa shape index (κ3) is 3.02. The second kappa shape index (κ2) is 7.59. The van der Waals surface area contributed by atoms with Gasteiger partial charge < -0.3 is 5.32 Å². The van der Waals surface area contributed by atoms with E-state index in [1.807, 2.05) is 15.2 Å². The molecule has 1 N–H and O–H groups in total. The van der Waals surface area contributed by atoms with Gasteiger partial charge in [-0.2, -0.15) is 0 Å². The zero-order valence-corrected chi connectivity index (χ0v) is 20.0. The van der Waals surface area contributed by atoms with Crippen LogP contribution >= 0.6 is 12.4 Å². The maximum atomic E-state index is 13.5. The van der Waals surface area contributed by atoms with E-state index in [1.165, 1.54) is 37.7 Å². The Bertz CT molecular complexity index is 1200. The largest absolute Gasteiger partial charge is 0.365 e. The van der Waals surface area contributed by atoms with Gasteiger partial charge in [0, 0.05) is 24.5 Å². The van der Waals surface area contributed by atoms with Gasteiger partial charge in [0.25, 0.3) is 0 Å². The fourth-order valence-electron chi connectivity index (χ4n) is 7.74. The number of nitrogens with zero attached hydrogens (tertiary/aromatic N) is 4. The number of hydrogen-bond acceptors (Lipinski definition) is 4. The molecule has 1 aromatic carbocycles. The SMILES string of the molecule is CCCn1c2nc(C34CC5CC(CC3C5)C4)nc-2c2n(c1=O)C[C@@H](Cc1ccccc1)N2.Cl. The summed E-state index contributed by atoms with van der Waals surface area (Å²) >= 11 is 0. The molecule has 1 aromatic rings. The van der Waals surface area contributed by atoms with Crippen molar-refractivity contribution in [2.24, 2.45) is 17.8 Å². The first kappa shape index (κ1) is 21.2. The number of halogens is 1. The van der Waals surface area contributed by atoms with Crippen LogP contribution in [0.15, 0.2) is 35.1 Å². The molecule has 4 bridgehead atoms. The molecule has 4 saturated carbocycles. The van der Waals surface area contributed by atoms with E-state index in [-0.39, 0.29) is 29.6 Å². The van der Waals surface area contributed by atoms with Crippen LogP contribution in [0.3, 0.4) is 0 Å². The lowest BCUT2D eigenvalue weighted by Crippen LogP contribution is -2.32. The molecule has 0 amide bonds. The monoisotopic (exact) mass is 465 g/mol. The summed E-state index contributed by atoms with van der Waals surface area (Å²) in [5.74, 6) is 5.18. The van der Waals surface area contributed by atoms with E-state index in [9.17, 15) is 4.79 Å². The Morgan fingerprint density at radius 3 is 2.58 bits per heavy atom. The summed E-state index contributed by atoms with van der Waals surface area (Å²) < 4.78 is 3.80. The lowest BCUT2D eigenvalue weighted by Gasteiger charge is -2.30. The van der Waals surface area contributed by atoms with E-state index in [0.717, 1.165) is 53.8 Å². The van der Waals surface area contributed by atoms with Gasteiger partial charge in [0.1, 0.15) is 17.3 Å². The molecular weight excluding hydrogens is 434 g/mol. The average Bonchev–Trinajstić information content (AvgIpc) is 3.52. The van der Waals surface area contributed by atoms with Gasteiger partial charge in [-0.05, 0) is 68.3 Å². The first-order valence-corrected chi connectivity index (χ1v) is 12.5. The predicted molar refractivity (Wildman–Crippen MR) is 131 cm³/mol. The van der Waals surface area contributed by atoms with Crippen LogP contribution in [0.25, 0.3) is 11.5 Å². The summed E-state index contributed by atoms with van der Waals surface area (Å²) in [6.07, 6.45) is 8.43. The molecule has 0 spiro atoms. The average molecular weight is 466 g/mol. The van der Waals surface area contributed by atoms with Crippen LogP contribution in [0.1, 0.15) is 56.8 Å². The summed E-state index contributed by atoms with van der Waals surface area (Å²) in [6, 6.07) is 10.7. The Balaban J connectivity index is 0.00000206. The molecule has 8 rings (SSSR count). The maximum absolute atomic E-state index is 13.5. The number of imidazole rings is 1. The Hall–Kier alpha value is -2.34. The van der Waals surface area contributed by atoms with Crippen molar-refractivity contribution in [1.29, 1.82) is 0 Å². The quantitative estimate of drug-likeness (QED) is 0.603. The fraction of sp³-hybridized carbons (Fsp3) is 0.577. The van der Waals surface area contributed by atoms with E-state index < -0.39 is 0 Å². The van der Waals surface area contributed by atoms with Gasteiger partial charge in [-0.25, -0.2) is 14.8 Å². The van der Waals surface area contributed by atoms with E-state index in [1.54, 1.807) is 0 Å². The zero-order valence-electron chi connectivity index (χ0n) is 19.2. The highest BCUT2D eigenvalue weighted by Crippen LogP contribution is 2.65. The van der Waals surface area contributed by atoms with E-state index >= 15 is 0 Å². The molecular formula is C26H32ClN5O. The number of benzene rings is 1. The molecule has 3 atom stereocenters. The summed E-state index contributed by atoms with van der Waals surface area (Å²) in [5, 5.41) is 3.66. The van der Waals surface area contributed by atoms with Crippen molar-refractivity contribution < 1.29 is 0 Å². The number of rotatable bonds is 5. The van der Waals surface area contributed by atoms with Crippen LogP contribution < -0.4 is 11.0 Å². The number of hydrogen-bond donors (Lipinski definition) is 1. The molecule has 7 aliphatic rings. The minimum absolute atomic E-state index is 0. The standard InChI is InChI=1S/C26H31N5O.ClH/c1-2-8-30-23-21(28-24(29-23)26-13-17-9-18(14-26)11-19(26)10-17)22-27-20(15-31(22)25(30)32)12-16-6-4-3-5-7-16;/h3-7,17-20,27H,2,8-15H2,1H3;1H/t17?,18?,19?,20-,26?;/m1./s1. The number of nitrogens with one attached hydrogen (secondary N) is 1. The molecule has 0 radical (unpaired) electrons. The highest BCUT2D eigenvalue weighted by Gasteiger charge is 2.60. The van der Waals surface area contributed by atoms with E-state index in [4.69, 9.17) is 9.97 Å². The minimum Gasteiger partial charge on any atom is -0.365 e. The smallest absolute Gasteiger partial charge is 0.331 e. The number of aromatic nitrogens is 4. The molecule has 0 aromatic heterocycles. The van der Waals surface area contributed by atoms with Gasteiger partial charge in [0.15, 0.2) is 5.82 Å². The number of anilines is 1. The normalized spacial score (nSPS) is 31.1. The van der Waals surface area contributed by atoms with Crippen molar-refractivity contribution in [3.05, 3.63) is 52.2 Å². The van der Waals surface area contributed by atoms with Crippen molar-refractivity contribution in [3.63, 3.8) is 0 Å². The highest BCUT2D eigenvalue weighted by molar-refractivity contribution is 5.85. The van der Waals surface area contributed by atoms with Crippen LogP contribution in [-0.2, 0) is 24.9 Å². The number of fused-ring (bicyclic) bond motifs is 3. The van der Waals surface area contributed by atoms with Crippen molar-refractivity contribution in [2.75, 3.05) is 5.32 Å².